The van der Waals surface area contributed by atoms with Gasteiger partial charge in [0.1, 0.15) is 0 Å². The number of hydrogen-bond donors (Lipinski definition) is 1. The third-order valence-electron chi connectivity index (χ3n) is 3.62. The second kappa shape index (κ2) is 9.74. The van der Waals surface area contributed by atoms with Crippen molar-refractivity contribution in [2.24, 2.45) is 0 Å². The molecule has 0 saturated carbocycles. The zero-order valence-corrected chi connectivity index (χ0v) is 16.8. The monoisotopic (exact) mass is 409 g/mol. The summed E-state index contributed by atoms with van der Waals surface area (Å²) in [5.41, 5.74) is 1.69. The summed E-state index contributed by atoms with van der Waals surface area (Å²) in [6, 6.07) is 11.6. The van der Waals surface area contributed by atoms with Crippen LogP contribution in [-0.2, 0) is 20.9 Å². The van der Waals surface area contributed by atoms with Crippen LogP contribution in [0, 0.1) is 0 Å². The van der Waals surface area contributed by atoms with E-state index in [1.165, 1.54) is 13.0 Å². The lowest BCUT2D eigenvalue weighted by atomic mass is 10.1. The number of benzene rings is 2. The molecule has 0 aliphatic carbocycles. The topological polar surface area (TPSA) is 64.6 Å². The van der Waals surface area contributed by atoms with Gasteiger partial charge < -0.3 is 14.8 Å². The van der Waals surface area contributed by atoms with Gasteiger partial charge in [-0.3, -0.25) is 4.79 Å². The van der Waals surface area contributed by atoms with Crippen molar-refractivity contribution in [1.29, 1.82) is 0 Å². The van der Waals surface area contributed by atoms with Crippen LogP contribution in [-0.4, -0.2) is 24.1 Å². The lowest BCUT2D eigenvalue weighted by molar-refractivity contribution is -0.123. The molecule has 0 aliphatic rings. The number of carbonyl (C=O) groups is 2. The van der Waals surface area contributed by atoms with E-state index in [0.29, 0.717) is 27.9 Å². The maximum absolute atomic E-state index is 12.2. The molecule has 2 aromatic rings. The fourth-order valence-corrected chi connectivity index (χ4v) is 2.56. The van der Waals surface area contributed by atoms with Crippen LogP contribution in [0.5, 0.6) is 0 Å². The summed E-state index contributed by atoms with van der Waals surface area (Å²) in [6.07, 6.45) is -0.864. The van der Waals surface area contributed by atoms with Crippen molar-refractivity contribution in [1.82, 2.24) is 0 Å². The molecule has 5 nitrogen and oxygen atoms in total. The second-order valence-electron chi connectivity index (χ2n) is 6.22. The van der Waals surface area contributed by atoms with Crippen LogP contribution in [0.4, 0.5) is 5.69 Å². The summed E-state index contributed by atoms with van der Waals surface area (Å²) < 4.78 is 10.7. The van der Waals surface area contributed by atoms with Gasteiger partial charge in [0.25, 0.3) is 5.91 Å². The van der Waals surface area contributed by atoms with Crippen LogP contribution in [0.3, 0.4) is 0 Å². The normalized spacial score (nSPS) is 11.9. The van der Waals surface area contributed by atoms with Gasteiger partial charge >= 0.3 is 5.97 Å². The largest absolute Gasteiger partial charge is 0.449 e. The summed E-state index contributed by atoms with van der Waals surface area (Å²) in [5.74, 6) is -1.08. The van der Waals surface area contributed by atoms with Crippen molar-refractivity contribution in [3.05, 3.63) is 63.6 Å². The number of amides is 1. The Bertz CT molecular complexity index is 806. The predicted molar refractivity (Wildman–Crippen MR) is 106 cm³/mol. The Morgan fingerprint density at radius 3 is 2.30 bits per heavy atom. The molecule has 1 amide bonds. The molecule has 7 heteroatoms. The highest BCUT2D eigenvalue weighted by molar-refractivity contribution is 6.36. The lowest BCUT2D eigenvalue weighted by Crippen LogP contribution is -2.30. The second-order valence-corrected chi connectivity index (χ2v) is 7.06. The van der Waals surface area contributed by atoms with Crippen molar-refractivity contribution in [3.8, 4) is 0 Å². The highest BCUT2D eigenvalue weighted by atomic mass is 35.5. The van der Waals surface area contributed by atoms with Gasteiger partial charge in [-0.2, -0.15) is 0 Å². The van der Waals surface area contributed by atoms with E-state index in [0.717, 1.165) is 5.56 Å². The third-order valence-corrected chi connectivity index (χ3v) is 4.16. The molecular formula is C20H21Cl2NO4. The van der Waals surface area contributed by atoms with Gasteiger partial charge in [-0.05, 0) is 56.7 Å². The van der Waals surface area contributed by atoms with Crippen LogP contribution < -0.4 is 5.32 Å². The first-order chi connectivity index (χ1) is 12.8. The fourth-order valence-electron chi connectivity index (χ4n) is 2.11. The number of hydrogen-bond acceptors (Lipinski definition) is 4. The number of halogens is 2. The molecule has 0 saturated heterocycles. The van der Waals surface area contributed by atoms with Gasteiger partial charge in [0, 0.05) is 5.02 Å². The van der Waals surface area contributed by atoms with Crippen molar-refractivity contribution in [2.45, 2.75) is 39.6 Å². The number of nitrogens with one attached hydrogen (secondary N) is 1. The quantitative estimate of drug-likeness (QED) is 0.645. The molecular weight excluding hydrogens is 389 g/mol. The van der Waals surface area contributed by atoms with Crippen molar-refractivity contribution >= 4 is 40.8 Å². The molecule has 0 unspecified atom stereocenters. The van der Waals surface area contributed by atoms with Gasteiger partial charge in [-0.25, -0.2) is 4.79 Å². The van der Waals surface area contributed by atoms with Crippen molar-refractivity contribution in [3.63, 3.8) is 0 Å². The van der Waals surface area contributed by atoms with Crippen LogP contribution >= 0.6 is 23.2 Å². The minimum absolute atomic E-state index is 0.128. The molecule has 0 fully saturated rings. The van der Waals surface area contributed by atoms with E-state index in [2.05, 4.69) is 5.32 Å². The Hall–Kier alpha value is -2.08. The number of ether oxygens (including phenoxy) is 2. The van der Waals surface area contributed by atoms with Crippen LogP contribution in [0.25, 0.3) is 0 Å². The number of esters is 1. The highest BCUT2D eigenvalue weighted by Gasteiger charge is 2.20. The molecule has 0 bridgehead atoms. The van der Waals surface area contributed by atoms with Gasteiger partial charge in [0.15, 0.2) is 6.10 Å². The first kappa shape index (κ1) is 21.2. The lowest BCUT2D eigenvalue weighted by Gasteiger charge is -2.14. The van der Waals surface area contributed by atoms with E-state index in [9.17, 15) is 9.59 Å². The molecule has 0 aromatic heterocycles. The van der Waals surface area contributed by atoms with Gasteiger partial charge in [0.05, 0.1) is 29.0 Å². The molecule has 27 heavy (non-hydrogen) atoms. The minimum Gasteiger partial charge on any atom is -0.449 e. The summed E-state index contributed by atoms with van der Waals surface area (Å²) in [7, 11) is 0. The molecule has 2 rings (SSSR count). The summed E-state index contributed by atoms with van der Waals surface area (Å²) in [4.78, 5) is 24.4. The highest BCUT2D eigenvalue weighted by Crippen LogP contribution is 2.25. The molecule has 0 radical (unpaired) electrons. The van der Waals surface area contributed by atoms with Crippen LogP contribution in [0.2, 0.25) is 10.0 Å². The fraction of sp³-hybridized carbons (Fsp3) is 0.300. The van der Waals surface area contributed by atoms with E-state index >= 15 is 0 Å². The zero-order valence-electron chi connectivity index (χ0n) is 15.3. The summed E-state index contributed by atoms with van der Waals surface area (Å²) >= 11 is 11.8. The standard InChI is InChI=1S/C20H21Cl2NO4/c1-12(2)26-11-14-4-6-15(7-5-14)20(25)27-13(3)19(24)23-18-9-8-16(21)10-17(18)22/h4-10,12-13H,11H2,1-3H3,(H,23,24)/t13-/m1/s1. The van der Waals surface area contributed by atoms with E-state index in [1.54, 1.807) is 36.4 Å². The molecule has 1 N–H and O–H groups in total. The first-order valence-corrected chi connectivity index (χ1v) is 9.19. The predicted octanol–water partition coefficient (Wildman–Crippen LogP) is 5.10. The van der Waals surface area contributed by atoms with E-state index in [4.69, 9.17) is 32.7 Å². The van der Waals surface area contributed by atoms with E-state index < -0.39 is 18.0 Å². The Kier molecular flexibility index (Phi) is 7.66. The van der Waals surface area contributed by atoms with Crippen LogP contribution in [0.15, 0.2) is 42.5 Å². The van der Waals surface area contributed by atoms with Gasteiger partial charge in [-0.15, -0.1) is 0 Å². The molecule has 2 aromatic carbocycles. The minimum atomic E-state index is -0.992. The van der Waals surface area contributed by atoms with Crippen molar-refractivity contribution < 1.29 is 19.1 Å². The van der Waals surface area contributed by atoms with Crippen LogP contribution in [0.1, 0.15) is 36.7 Å². The third kappa shape index (κ3) is 6.54. The maximum Gasteiger partial charge on any atom is 0.338 e. The SMILES string of the molecule is CC(C)OCc1ccc(C(=O)O[C@H](C)C(=O)Nc2ccc(Cl)cc2Cl)cc1. The van der Waals surface area contributed by atoms with Gasteiger partial charge in [0.2, 0.25) is 0 Å². The molecule has 1 atom stereocenters. The Labute approximate surface area is 168 Å². The Balaban J connectivity index is 1.93. The smallest absolute Gasteiger partial charge is 0.338 e. The summed E-state index contributed by atoms with van der Waals surface area (Å²) in [5, 5.41) is 3.36. The summed E-state index contributed by atoms with van der Waals surface area (Å²) in [6.45, 7) is 5.86. The number of anilines is 1. The molecule has 144 valence electrons. The Morgan fingerprint density at radius 2 is 1.70 bits per heavy atom. The van der Waals surface area contributed by atoms with E-state index in [1.807, 2.05) is 13.8 Å². The average molecular weight is 410 g/mol. The zero-order chi connectivity index (χ0) is 20.0. The molecule has 0 aliphatic heterocycles. The van der Waals surface area contributed by atoms with Gasteiger partial charge in [-0.1, -0.05) is 35.3 Å². The number of carbonyl (C=O) groups excluding carboxylic acids is 2. The average Bonchev–Trinajstić information content (AvgIpc) is 2.62. The van der Waals surface area contributed by atoms with E-state index in [-0.39, 0.29) is 6.10 Å². The maximum atomic E-state index is 12.2. The Morgan fingerprint density at radius 1 is 1.04 bits per heavy atom. The molecule has 0 heterocycles. The first-order valence-electron chi connectivity index (χ1n) is 8.43. The molecule has 0 spiro atoms. The van der Waals surface area contributed by atoms with Crippen molar-refractivity contribution in [2.75, 3.05) is 5.32 Å². The number of rotatable bonds is 7.